The maximum atomic E-state index is 13.8. The summed E-state index contributed by atoms with van der Waals surface area (Å²) in [6.07, 6.45) is 0. The Morgan fingerprint density at radius 1 is 1.19 bits per heavy atom. The van der Waals surface area contributed by atoms with E-state index in [1.807, 2.05) is 49.1 Å². The van der Waals surface area contributed by atoms with Crippen molar-refractivity contribution in [3.05, 3.63) is 71.0 Å². The molecule has 0 radical (unpaired) electrons. The van der Waals surface area contributed by atoms with Gasteiger partial charge in [0, 0.05) is 11.6 Å². The van der Waals surface area contributed by atoms with E-state index < -0.39 is 0 Å². The molecular formula is C24H26FN5O2. The summed E-state index contributed by atoms with van der Waals surface area (Å²) in [7, 11) is 0. The molecule has 2 atom stereocenters. The summed E-state index contributed by atoms with van der Waals surface area (Å²) in [5, 5.41) is 15.5. The van der Waals surface area contributed by atoms with Crippen LogP contribution in [-0.4, -0.2) is 40.3 Å². The lowest BCUT2D eigenvalue weighted by molar-refractivity contribution is 0.0946. The zero-order chi connectivity index (χ0) is 22.8. The van der Waals surface area contributed by atoms with Crippen molar-refractivity contribution in [2.24, 2.45) is 0 Å². The number of aryl methyl sites for hydroxylation is 1. The first kappa shape index (κ1) is 21.7. The summed E-state index contributed by atoms with van der Waals surface area (Å²) in [5.74, 6) is 0.151. The lowest BCUT2D eigenvalue weighted by Gasteiger charge is -2.36. The van der Waals surface area contributed by atoms with E-state index in [-0.39, 0.29) is 37.1 Å². The average Bonchev–Trinajstić information content (AvgIpc) is 2.79. The number of carbonyl (C=O) groups excluding carboxylic acids is 1. The summed E-state index contributed by atoms with van der Waals surface area (Å²) < 4.78 is 13.8. The Morgan fingerprint density at radius 2 is 1.94 bits per heavy atom. The first-order valence-electron chi connectivity index (χ1n) is 10.5. The van der Waals surface area contributed by atoms with Gasteiger partial charge in [-0.3, -0.25) is 4.79 Å². The number of aromatic nitrogens is 2. The van der Waals surface area contributed by atoms with E-state index in [1.165, 1.54) is 12.1 Å². The highest BCUT2D eigenvalue weighted by molar-refractivity contribution is 6.06. The summed E-state index contributed by atoms with van der Waals surface area (Å²) in [5.41, 5.74) is 3.15. The molecule has 8 heteroatoms. The highest BCUT2D eigenvalue weighted by atomic mass is 19.1. The standard InChI is InChI=1S/C24H26FN5O2/c1-14-11-18(25)9-10-19(14)21-20-22(29-24(28-21)27-15(2)12-31)30(13-26-23(20)32)16(3)17-7-5-4-6-8-17/h4-11,15-16,31H,12-13H2,1-3H3,(H,26,32)(H,27,28,29)/t15-,16+/m1/s1. The third-order valence-corrected chi connectivity index (χ3v) is 5.64. The fourth-order valence-electron chi connectivity index (χ4n) is 3.84. The van der Waals surface area contributed by atoms with Crippen LogP contribution >= 0.6 is 0 Å². The van der Waals surface area contributed by atoms with E-state index in [0.29, 0.717) is 34.2 Å². The van der Waals surface area contributed by atoms with E-state index in [2.05, 4.69) is 20.6 Å². The largest absolute Gasteiger partial charge is 0.394 e. The number of aliphatic hydroxyl groups is 1. The molecule has 1 aromatic heterocycles. The Balaban J connectivity index is 1.91. The van der Waals surface area contributed by atoms with E-state index in [0.717, 1.165) is 5.56 Å². The van der Waals surface area contributed by atoms with Gasteiger partial charge in [-0.2, -0.15) is 4.98 Å². The second kappa shape index (κ2) is 8.92. The first-order chi connectivity index (χ1) is 15.4. The lowest BCUT2D eigenvalue weighted by Crippen LogP contribution is -2.45. The molecule has 1 aliphatic heterocycles. The number of nitrogens with zero attached hydrogens (tertiary/aromatic N) is 3. The van der Waals surface area contributed by atoms with Crippen LogP contribution in [0.1, 0.15) is 41.4 Å². The number of nitrogens with one attached hydrogen (secondary N) is 2. The van der Waals surface area contributed by atoms with Crippen LogP contribution in [0.15, 0.2) is 48.5 Å². The predicted octanol–water partition coefficient (Wildman–Crippen LogP) is 3.65. The van der Waals surface area contributed by atoms with E-state index in [9.17, 15) is 14.3 Å². The van der Waals surface area contributed by atoms with Crippen LogP contribution in [-0.2, 0) is 0 Å². The molecular weight excluding hydrogens is 409 g/mol. The van der Waals surface area contributed by atoms with Crippen LogP contribution in [0.4, 0.5) is 16.2 Å². The molecule has 7 nitrogen and oxygen atoms in total. The Bertz CT molecular complexity index is 1140. The third kappa shape index (κ3) is 4.13. The van der Waals surface area contributed by atoms with Crippen molar-refractivity contribution >= 4 is 17.7 Å². The Morgan fingerprint density at radius 3 is 2.62 bits per heavy atom. The Hall–Kier alpha value is -3.52. The zero-order valence-corrected chi connectivity index (χ0v) is 18.3. The molecule has 3 aromatic rings. The third-order valence-electron chi connectivity index (χ3n) is 5.64. The van der Waals surface area contributed by atoms with Gasteiger partial charge in [0.25, 0.3) is 5.91 Å². The molecule has 1 aliphatic rings. The second-order valence-corrected chi connectivity index (χ2v) is 8.00. The van der Waals surface area contributed by atoms with Crippen LogP contribution < -0.4 is 15.5 Å². The smallest absolute Gasteiger partial charge is 0.258 e. The van der Waals surface area contributed by atoms with Crippen LogP contribution in [0.5, 0.6) is 0 Å². The van der Waals surface area contributed by atoms with Crippen LogP contribution in [0.3, 0.4) is 0 Å². The van der Waals surface area contributed by atoms with E-state index in [1.54, 1.807) is 13.0 Å². The van der Waals surface area contributed by atoms with Gasteiger partial charge in [0.15, 0.2) is 0 Å². The fraction of sp³-hybridized carbons (Fsp3) is 0.292. The molecule has 166 valence electrons. The number of amides is 1. The van der Waals surface area contributed by atoms with Gasteiger partial charge >= 0.3 is 0 Å². The monoisotopic (exact) mass is 435 g/mol. The summed E-state index contributed by atoms with van der Waals surface area (Å²) in [4.78, 5) is 24.3. The Kier molecular flexibility index (Phi) is 6.05. The molecule has 0 aliphatic carbocycles. The number of benzene rings is 2. The lowest BCUT2D eigenvalue weighted by atomic mass is 9.98. The average molecular weight is 436 g/mol. The molecule has 0 unspecified atom stereocenters. The highest BCUT2D eigenvalue weighted by Crippen LogP contribution is 2.37. The molecule has 0 bridgehead atoms. The van der Waals surface area contributed by atoms with Gasteiger partial charge in [0.05, 0.1) is 25.0 Å². The maximum absolute atomic E-state index is 13.8. The molecule has 3 N–H and O–H groups in total. The predicted molar refractivity (Wildman–Crippen MR) is 122 cm³/mol. The maximum Gasteiger partial charge on any atom is 0.258 e. The molecule has 2 heterocycles. The van der Waals surface area contributed by atoms with Crippen LogP contribution in [0, 0.1) is 12.7 Å². The van der Waals surface area contributed by atoms with Gasteiger partial charge in [-0.15, -0.1) is 0 Å². The van der Waals surface area contributed by atoms with Gasteiger partial charge in [-0.25, -0.2) is 9.37 Å². The van der Waals surface area contributed by atoms with Crippen molar-refractivity contribution in [1.82, 2.24) is 15.3 Å². The SMILES string of the molecule is Cc1cc(F)ccc1-c1nc(N[C@H](C)CO)nc2c1C(=O)NCN2[C@@H](C)c1ccccc1. The van der Waals surface area contributed by atoms with Crippen LogP contribution in [0.2, 0.25) is 0 Å². The number of carbonyl (C=O) groups is 1. The van der Waals surface area contributed by atoms with Crippen molar-refractivity contribution in [3.8, 4) is 11.3 Å². The summed E-state index contributed by atoms with van der Waals surface area (Å²) in [6, 6.07) is 14.0. The molecule has 0 saturated carbocycles. The molecule has 32 heavy (non-hydrogen) atoms. The van der Waals surface area contributed by atoms with Gasteiger partial charge in [0.2, 0.25) is 5.95 Å². The summed E-state index contributed by atoms with van der Waals surface area (Å²) in [6.45, 7) is 5.82. The molecule has 1 amide bonds. The van der Waals surface area contributed by atoms with Gasteiger partial charge < -0.3 is 20.6 Å². The molecule has 0 fully saturated rings. The Labute approximate surface area is 186 Å². The van der Waals surface area contributed by atoms with E-state index >= 15 is 0 Å². The van der Waals surface area contributed by atoms with E-state index in [4.69, 9.17) is 0 Å². The van der Waals surface area contributed by atoms with Crippen molar-refractivity contribution in [2.75, 3.05) is 23.5 Å². The number of halogens is 1. The minimum atomic E-state index is -0.356. The van der Waals surface area contributed by atoms with Gasteiger partial charge in [0.1, 0.15) is 17.2 Å². The van der Waals surface area contributed by atoms with Crippen molar-refractivity contribution in [3.63, 3.8) is 0 Å². The molecule has 2 aromatic carbocycles. The van der Waals surface area contributed by atoms with Crippen molar-refractivity contribution < 1.29 is 14.3 Å². The number of hydrogen-bond acceptors (Lipinski definition) is 6. The first-order valence-corrected chi connectivity index (χ1v) is 10.5. The molecule has 4 rings (SSSR count). The quantitative estimate of drug-likeness (QED) is 0.548. The minimum Gasteiger partial charge on any atom is -0.394 e. The number of fused-ring (bicyclic) bond motifs is 1. The van der Waals surface area contributed by atoms with Gasteiger partial charge in [-0.1, -0.05) is 30.3 Å². The second-order valence-electron chi connectivity index (χ2n) is 8.00. The topological polar surface area (TPSA) is 90.4 Å². The fourth-order valence-corrected chi connectivity index (χ4v) is 3.84. The van der Waals surface area contributed by atoms with Crippen molar-refractivity contribution in [2.45, 2.75) is 32.9 Å². The molecule has 0 spiro atoms. The number of anilines is 2. The number of rotatable bonds is 6. The number of aliphatic hydroxyl groups excluding tert-OH is 1. The normalized spacial score (nSPS) is 15.0. The highest BCUT2D eigenvalue weighted by Gasteiger charge is 2.33. The molecule has 0 saturated heterocycles. The summed E-state index contributed by atoms with van der Waals surface area (Å²) >= 11 is 0. The van der Waals surface area contributed by atoms with Crippen LogP contribution in [0.25, 0.3) is 11.3 Å². The number of hydrogen-bond donors (Lipinski definition) is 3. The zero-order valence-electron chi connectivity index (χ0n) is 18.3. The van der Waals surface area contributed by atoms with Gasteiger partial charge in [-0.05, 0) is 50.1 Å². The minimum absolute atomic E-state index is 0.0734. The van der Waals surface area contributed by atoms with Crippen molar-refractivity contribution in [1.29, 1.82) is 0 Å².